The lowest BCUT2D eigenvalue weighted by Crippen LogP contribution is -2.52. The lowest BCUT2D eigenvalue weighted by atomic mass is 10.00. The first-order chi connectivity index (χ1) is 11.6. The van der Waals surface area contributed by atoms with E-state index in [9.17, 15) is 5.11 Å². The number of aliphatic hydroxyl groups is 1. The fourth-order valence-electron chi connectivity index (χ4n) is 3.85. The molecule has 152 valence electrons. The summed E-state index contributed by atoms with van der Waals surface area (Å²) in [6.07, 6.45) is -0.272. The Morgan fingerprint density at radius 2 is 1.36 bits per heavy atom. The van der Waals surface area contributed by atoms with Gasteiger partial charge in [0.15, 0.2) is 0 Å². The second kappa shape index (κ2) is 12.4. The van der Waals surface area contributed by atoms with Crippen LogP contribution in [0.5, 0.6) is 0 Å². The second-order valence-corrected chi connectivity index (χ2v) is 13.3. The maximum atomic E-state index is 9.72. The fraction of sp³-hybridized carbons (Fsp3) is 1.00. The van der Waals surface area contributed by atoms with Crippen molar-refractivity contribution in [3.8, 4) is 0 Å². The van der Waals surface area contributed by atoms with Gasteiger partial charge in [-0.1, -0.05) is 48.5 Å². The highest BCUT2D eigenvalue weighted by Gasteiger charge is 2.47. The molecule has 0 unspecified atom stereocenters. The monoisotopic (exact) mass is 378 g/mol. The molecule has 1 N–H and O–H groups in total. The summed E-state index contributed by atoms with van der Waals surface area (Å²) in [6.45, 7) is 19.0. The van der Waals surface area contributed by atoms with E-state index in [1.54, 1.807) is 7.11 Å². The molecule has 0 spiro atoms. The first kappa shape index (κ1) is 25.0. The van der Waals surface area contributed by atoms with Crippen LogP contribution in [0, 0.1) is 5.92 Å². The number of ether oxygens (including phenoxy) is 3. The van der Waals surface area contributed by atoms with Crippen LogP contribution < -0.4 is 0 Å². The Bertz CT molecular complexity index is 314. The summed E-state index contributed by atoms with van der Waals surface area (Å²) in [6, 6.07) is 0. The maximum absolute atomic E-state index is 9.72. The van der Waals surface area contributed by atoms with Crippen LogP contribution in [0.3, 0.4) is 0 Å². The van der Waals surface area contributed by atoms with Gasteiger partial charge < -0.3 is 23.7 Å². The van der Waals surface area contributed by atoms with Crippen molar-refractivity contribution in [1.29, 1.82) is 0 Å². The van der Waals surface area contributed by atoms with Gasteiger partial charge in [-0.25, -0.2) is 0 Å². The van der Waals surface area contributed by atoms with Crippen LogP contribution in [0.1, 0.15) is 55.4 Å². The van der Waals surface area contributed by atoms with Crippen LogP contribution in [0.25, 0.3) is 0 Å². The standard InChI is InChI=1S/C19H42O5Si/c1-14(2)25(15(3)4,16(5)6)24-18(8)17(7)19(12-20)23-13-22-11-10-21-9/h14-20H,10-13H2,1-9H3/t17-,18+,19+/m1/s1. The average molecular weight is 379 g/mol. The Labute approximate surface area is 156 Å². The van der Waals surface area contributed by atoms with Gasteiger partial charge in [-0.15, -0.1) is 0 Å². The third-order valence-corrected chi connectivity index (χ3v) is 11.6. The van der Waals surface area contributed by atoms with Crippen LogP contribution >= 0.6 is 0 Å². The molecule has 3 atom stereocenters. The summed E-state index contributed by atoms with van der Waals surface area (Å²) in [5, 5.41) is 9.72. The summed E-state index contributed by atoms with van der Waals surface area (Å²) in [4.78, 5) is 0. The van der Waals surface area contributed by atoms with Gasteiger partial charge in [0.1, 0.15) is 6.79 Å². The van der Waals surface area contributed by atoms with E-state index in [0.29, 0.717) is 29.8 Å². The highest BCUT2D eigenvalue weighted by Crippen LogP contribution is 2.43. The minimum Gasteiger partial charge on any atom is -0.413 e. The molecule has 0 heterocycles. The van der Waals surface area contributed by atoms with Gasteiger partial charge in [0, 0.05) is 19.1 Å². The van der Waals surface area contributed by atoms with E-state index >= 15 is 0 Å². The van der Waals surface area contributed by atoms with Crippen LogP contribution in [0.4, 0.5) is 0 Å². The smallest absolute Gasteiger partial charge is 0.200 e. The highest BCUT2D eigenvalue weighted by atomic mass is 28.4. The van der Waals surface area contributed by atoms with Crippen molar-refractivity contribution in [2.45, 2.75) is 84.2 Å². The third kappa shape index (κ3) is 7.27. The quantitative estimate of drug-likeness (QED) is 0.279. The van der Waals surface area contributed by atoms with Crippen molar-refractivity contribution in [2.24, 2.45) is 5.92 Å². The van der Waals surface area contributed by atoms with Crippen LogP contribution in [0.2, 0.25) is 16.6 Å². The molecule has 25 heavy (non-hydrogen) atoms. The molecular weight excluding hydrogens is 336 g/mol. The van der Waals surface area contributed by atoms with Gasteiger partial charge in [-0.05, 0) is 23.5 Å². The van der Waals surface area contributed by atoms with E-state index in [0.717, 1.165) is 0 Å². The Kier molecular flexibility index (Phi) is 12.4. The Hall–Kier alpha value is 0.0169. The van der Waals surface area contributed by atoms with Crippen LogP contribution in [0.15, 0.2) is 0 Å². The zero-order valence-electron chi connectivity index (χ0n) is 17.9. The molecule has 0 aromatic rings. The number of hydrogen-bond donors (Lipinski definition) is 1. The minimum absolute atomic E-state index is 0.0231. The molecule has 0 saturated carbocycles. The highest BCUT2D eigenvalue weighted by molar-refractivity contribution is 6.77. The Morgan fingerprint density at radius 1 is 0.840 bits per heavy atom. The average Bonchev–Trinajstić information content (AvgIpc) is 2.54. The minimum atomic E-state index is -1.95. The molecule has 0 saturated heterocycles. The van der Waals surface area contributed by atoms with Crippen molar-refractivity contribution in [1.82, 2.24) is 0 Å². The number of hydrogen-bond acceptors (Lipinski definition) is 5. The topological polar surface area (TPSA) is 57.2 Å². The van der Waals surface area contributed by atoms with Crippen LogP contribution in [-0.2, 0) is 18.6 Å². The van der Waals surface area contributed by atoms with E-state index in [2.05, 4.69) is 55.4 Å². The SMILES string of the molecule is COCCOCO[C@@H](CO)[C@H](C)[C@H](C)O[Si](C(C)C)(C(C)C)C(C)C. The van der Waals surface area contributed by atoms with Crippen molar-refractivity contribution in [3.05, 3.63) is 0 Å². The van der Waals surface area contributed by atoms with Crippen molar-refractivity contribution in [3.63, 3.8) is 0 Å². The van der Waals surface area contributed by atoms with Gasteiger partial charge in [0.05, 0.1) is 25.9 Å². The maximum Gasteiger partial charge on any atom is 0.200 e. The molecule has 0 amide bonds. The van der Waals surface area contributed by atoms with Crippen molar-refractivity contribution >= 4 is 8.32 Å². The van der Waals surface area contributed by atoms with Gasteiger partial charge in [-0.2, -0.15) is 0 Å². The van der Waals surface area contributed by atoms with Gasteiger partial charge in [0.25, 0.3) is 0 Å². The molecule has 0 bridgehead atoms. The molecule has 0 radical (unpaired) electrons. The van der Waals surface area contributed by atoms with Crippen molar-refractivity contribution < 1.29 is 23.7 Å². The molecule has 6 heteroatoms. The summed E-state index contributed by atoms with van der Waals surface area (Å²) >= 11 is 0. The Balaban J connectivity index is 4.88. The lowest BCUT2D eigenvalue weighted by molar-refractivity contribution is -0.134. The molecule has 0 aliphatic heterocycles. The van der Waals surface area contributed by atoms with E-state index < -0.39 is 8.32 Å². The molecule has 0 aliphatic rings. The summed E-state index contributed by atoms with van der Waals surface area (Å²) in [5.41, 5.74) is 1.61. The van der Waals surface area contributed by atoms with E-state index in [4.69, 9.17) is 18.6 Å². The largest absolute Gasteiger partial charge is 0.413 e. The zero-order chi connectivity index (χ0) is 19.6. The van der Waals surface area contributed by atoms with Gasteiger partial charge >= 0.3 is 0 Å². The van der Waals surface area contributed by atoms with E-state index in [1.807, 2.05) is 0 Å². The first-order valence-electron chi connectivity index (χ1n) is 9.61. The fourth-order valence-corrected chi connectivity index (χ4v) is 9.52. The van der Waals surface area contributed by atoms with E-state index in [1.165, 1.54) is 0 Å². The Morgan fingerprint density at radius 3 is 1.76 bits per heavy atom. The number of aliphatic hydroxyl groups excluding tert-OH is 1. The zero-order valence-corrected chi connectivity index (χ0v) is 18.9. The first-order valence-corrected chi connectivity index (χ1v) is 11.8. The normalized spacial score (nSPS) is 16.7. The van der Waals surface area contributed by atoms with Gasteiger partial charge in [0.2, 0.25) is 8.32 Å². The van der Waals surface area contributed by atoms with Crippen LogP contribution in [-0.4, -0.2) is 59.4 Å². The summed E-state index contributed by atoms with van der Waals surface area (Å²) in [5.74, 6) is 0.0825. The molecule has 0 fully saturated rings. The number of rotatable bonds is 14. The molecule has 0 aliphatic carbocycles. The predicted molar refractivity (Wildman–Crippen MR) is 105 cm³/mol. The predicted octanol–water partition coefficient (Wildman–Crippen LogP) is 4.20. The van der Waals surface area contributed by atoms with E-state index in [-0.39, 0.29) is 31.5 Å². The molecular formula is C19H42O5Si. The summed E-state index contributed by atoms with van der Waals surface area (Å²) < 4.78 is 22.8. The number of methoxy groups -OCH3 is 1. The lowest BCUT2D eigenvalue weighted by Gasteiger charge is -2.45. The van der Waals surface area contributed by atoms with Crippen molar-refractivity contribution in [2.75, 3.05) is 33.7 Å². The molecule has 0 aromatic heterocycles. The molecule has 5 nitrogen and oxygen atoms in total. The summed E-state index contributed by atoms with van der Waals surface area (Å²) in [7, 11) is -0.311. The molecule has 0 rings (SSSR count). The molecule has 0 aromatic carbocycles. The van der Waals surface area contributed by atoms with Gasteiger partial charge in [-0.3, -0.25) is 0 Å². The second-order valence-electron chi connectivity index (χ2n) is 7.91. The third-order valence-electron chi connectivity index (χ3n) is 5.40.